The number of nitrogens with zero attached hydrogens (tertiary/aromatic N) is 2. The van der Waals surface area contributed by atoms with E-state index in [1.165, 1.54) is 5.56 Å². The molecule has 0 fully saturated rings. The Labute approximate surface area is 334 Å². The lowest BCUT2D eigenvalue weighted by molar-refractivity contribution is 0.571. The number of benzene rings is 8. The Hall–Kier alpha value is -7.96. The summed E-state index contributed by atoms with van der Waals surface area (Å²) in [4.78, 5) is 27.0. The van der Waals surface area contributed by atoms with Crippen molar-refractivity contribution < 1.29 is 8.83 Å². The standard InChI is InChI=1S/C53H30N2O4/c1-29-26-30-18-19-31(54-46-16-8-6-12-36(46)38-22-24-40-34-10-2-4-14-42(34)52(56)58-50(40)48(38)54)27-44(30)45-28-32(20-21-33(29)45)55-47-17-9-7-13-37(47)39-23-25-41-35-11-3-5-15-43(35)53(57)59-51(41)49(39)55/h2-25,27-28H,1,26H2. The van der Waals surface area contributed by atoms with Gasteiger partial charge in [0, 0.05) is 43.7 Å². The highest BCUT2D eigenvalue weighted by atomic mass is 16.4. The molecule has 13 rings (SSSR count). The van der Waals surface area contributed by atoms with Gasteiger partial charge in [-0.1, -0.05) is 104 Å². The van der Waals surface area contributed by atoms with Crippen LogP contribution in [-0.4, -0.2) is 9.13 Å². The van der Waals surface area contributed by atoms with Gasteiger partial charge < -0.3 is 18.0 Å². The maximum Gasteiger partial charge on any atom is 0.344 e. The van der Waals surface area contributed by atoms with Crippen molar-refractivity contribution in [1.29, 1.82) is 0 Å². The first-order valence-corrected chi connectivity index (χ1v) is 19.7. The topological polar surface area (TPSA) is 70.3 Å². The van der Waals surface area contributed by atoms with E-state index in [9.17, 15) is 9.59 Å². The summed E-state index contributed by atoms with van der Waals surface area (Å²) in [6.45, 7) is 4.54. The second-order valence-electron chi connectivity index (χ2n) is 15.6. The van der Waals surface area contributed by atoms with Gasteiger partial charge in [-0.3, -0.25) is 0 Å². The summed E-state index contributed by atoms with van der Waals surface area (Å²) in [6.07, 6.45) is 0.719. The largest absolute Gasteiger partial charge is 0.420 e. The van der Waals surface area contributed by atoms with Gasteiger partial charge in [0.15, 0.2) is 11.2 Å². The molecule has 0 unspecified atom stereocenters. The maximum atomic E-state index is 13.5. The molecule has 4 heterocycles. The van der Waals surface area contributed by atoms with E-state index in [0.29, 0.717) is 21.9 Å². The minimum Gasteiger partial charge on any atom is -0.420 e. The van der Waals surface area contributed by atoms with Crippen LogP contribution in [0.5, 0.6) is 0 Å². The molecule has 1 aliphatic rings. The summed E-state index contributed by atoms with van der Waals surface area (Å²) in [6, 6.07) is 53.6. The van der Waals surface area contributed by atoms with Crippen molar-refractivity contribution in [2.45, 2.75) is 6.42 Å². The quantitative estimate of drug-likeness (QED) is 0.130. The second-order valence-corrected chi connectivity index (χ2v) is 15.6. The molecular weight excluding hydrogens is 729 g/mol. The molecule has 1 aliphatic carbocycles. The van der Waals surface area contributed by atoms with Crippen LogP contribution in [-0.2, 0) is 6.42 Å². The Balaban J connectivity index is 1.09. The average molecular weight is 759 g/mol. The number of allylic oxidation sites excluding steroid dienone is 1. The van der Waals surface area contributed by atoms with Gasteiger partial charge in [0.1, 0.15) is 0 Å². The minimum absolute atomic E-state index is 0.354. The number of rotatable bonds is 2. The van der Waals surface area contributed by atoms with E-state index in [0.717, 1.165) is 105 Å². The molecule has 0 atom stereocenters. The number of aromatic nitrogens is 2. The van der Waals surface area contributed by atoms with Gasteiger partial charge in [0.2, 0.25) is 0 Å². The summed E-state index contributed by atoms with van der Waals surface area (Å²) in [5.74, 6) is 0. The van der Waals surface area contributed by atoms with E-state index >= 15 is 0 Å². The van der Waals surface area contributed by atoms with Gasteiger partial charge in [-0.15, -0.1) is 0 Å². The third-order valence-corrected chi connectivity index (χ3v) is 12.5. The van der Waals surface area contributed by atoms with Gasteiger partial charge in [0.25, 0.3) is 0 Å². The molecule has 0 bridgehead atoms. The van der Waals surface area contributed by atoms with Crippen LogP contribution in [0.15, 0.2) is 183 Å². The third kappa shape index (κ3) is 4.29. The number of hydrogen-bond acceptors (Lipinski definition) is 4. The van der Waals surface area contributed by atoms with Crippen LogP contribution >= 0.6 is 0 Å². The number of fused-ring (bicyclic) bond motifs is 17. The summed E-state index contributed by atoms with van der Waals surface area (Å²) in [5.41, 5.74) is 11.5. The van der Waals surface area contributed by atoms with Crippen molar-refractivity contribution in [2.75, 3.05) is 0 Å². The first kappa shape index (κ1) is 32.2. The summed E-state index contributed by atoms with van der Waals surface area (Å²) < 4.78 is 16.9. The molecule has 4 aromatic heterocycles. The summed E-state index contributed by atoms with van der Waals surface area (Å²) in [7, 11) is 0. The first-order chi connectivity index (χ1) is 29.0. The molecule has 276 valence electrons. The van der Waals surface area contributed by atoms with Gasteiger partial charge in [0.05, 0.1) is 32.8 Å². The molecule has 0 aliphatic heterocycles. The predicted molar refractivity (Wildman–Crippen MR) is 240 cm³/mol. The van der Waals surface area contributed by atoms with Gasteiger partial charge >= 0.3 is 11.3 Å². The van der Waals surface area contributed by atoms with Crippen molar-refractivity contribution >= 4 is 92.7 Å². The van der Waals surface area contributed by atoms with Crippen molar-refractivity contribution in [2.24, 2.45) is 0 Å². The van der Waals surface area contributed by atoms with Gasteiger partial charge in [-0.2, -0.15) is 0 Å². The highest BCUT2D eigenvalue weighted by Crippen LogP contribution is 2.45. The number of hydrogen-bond donors (Lipinski definition) is 0. The van der Waals surface area contributed by atoms with E-state index in [2.05, 4.69) is 113 Å². The molecule has 0 amide bonds. The highest BCUT2D eigenvalue weighted by molar-refractivity contribution is 6.22. The zero-order valence-electron chi connectivity index (χ0n) is 31.5. The van der Waals surface area contributed by atoms with E-state index in [-0.39, 0.29) is 11.3 Å². The molecule has 0 saturated carbocycles. The van der Waals surface area contributed by atoms with Crippen molar-refractivity contribution in [3.63, 3.8) is 0 Å². The molecule has 0 saturated heterocycles. The van der Waals surface area contributed by atoms with Crippen LogP contribution in [0.25, 0.3) is 115 Å². The van der Waals surface area contributed by atoms with Crippen molar-refractivity contribution in [3.8, 4) is 22.5 Å². The van der Waals surface area contributed by atoms with Crippen LogP contribution in [0.2, 0.25) is 0 Å². The minimum atomic E-state index is -0.356. The smallest absolute Gasteiger partial charge is 0.344 e. The normalized spacial score (nSPS) is 12.8. The lowest BCUT2D eigenvalue weighted by Gasteiger charge is -2.24. The second kappa shape index (κ2) is 11.6. The molecule has 59 heavy (non-hydrogen) atoms. The fraction of sp³-hybridized carbons (Fsp3) is 0.0189. The molecule has 8 aromatic carbocycles. The summed E-state index contributed by atoms with van der Waals surface area (Å²) >= 11 is 0. The molecular formula is C53H30N2O4. The van der Waals surface area contributed by atoms with Crippen molar-refractivity contribution in [3.05, 3.63) is 196 Å². The van der Waals surface area contributed by atoms with Crippen LogP contribution in [0.1, 0.15) is 11.1 Å². The van der Waals surface area contributed by atoms with Gasteiger partial charge in [-0.25, -0.2) is 9.59 Å². The Bertz CT molecular complexity index is 4010. The zero-order valence-corrected chi connectivity index (χ0v) is 31.5. The lowest BCUT2D eigenvalue weighted by Crippen LogP contribution is -2.06. The Morgan fingerprint density at radius 3 is 1.39 bits per heavy atom. The van der Waals surface area contributed by atoms with E-state index in [1.807, 2.05) is 60.7 Å². The molecule has 6 heteroatoms. The SMILES string of the molecule is C=C1Cc2ccc(-n3c4ccccc4c4ccc5c6ccccc6c(=O)oc5c43)cc2-c2cc(-n3c4ccccc4c4ccc5c6ccccc6c(=O)oc5c43)ccc21. The van der Waals surface area contributed by atoms with Crippen LogP contribution in [0.3, 0.4) is 0 Å². The summed E-state index contributed by atoms with van der Waals surface area (Å²) in [5, 5.41) is 8.81. The van der Waals surface area contributed by atoms with Gasteiger partial charge in [-0.05, 0) is 106 Å². The fourth-order valence-corrected chi connectivity index (χ4v) is 9.95. The predicted octanol–water partition coefficient (Wildman–Crippen LogP) is 12.6. The molecule has 0 radical (unpaired) electrons. The van der Waals surface area contributed by atoms with E-state index in [4.69, 9.17) is 8.83 Å². The lowest BCUT2D eigenvalue weighted by atomic mass is 9.82. The Morgan fingerprint density at radius 2 is 0.847 bits per heavy atom. The average Bonchev–Trinajstić information content (AvgIpc) is 3.80. The first-order valence-electron chi connectivity index (χ1n) is 19.7. The maximum absolute atomic E-state index is 13.5. The van der Waals surface area contributed by atoms with Crippen LogP contribution in [0.4, 0.5) is 0 Å². The van der Waals surface area contributed by atoms with Crippen molar-refractivity contribution in [1.82, 2.24) is 9.13 Å². The molecule has 12 aromatic rings. The Morgan fingerprint density at radius 1 is 0.407 bits per heavy atom. The molecule has 0 spiro atoms. The monoisotopic (exact) mass is 758 g/mol. The fourth-order valence-electron chi connectivity index (χ4n) is 9.95. The van der Waals surface area contributed by atoms with E-state index < -0.39 is 0 Å². The molecule has 6 nitrogen and oxygen atoms in total. The van der Waals surface area contributed by atoms with E-state index in [1.54, 1.807) is 0 Å². The highest BCUT2D eigenvalue weighted by Gasteiger charge is 2.25. The number of para-hydroxylation sites is 2. The Kier molecular flexibility index (Phi) is 6.30. The van der Waals surface area contributed by atoms with Crippen LogP contribution < -0.4 is 11.3 Å². The third-order valence-electron chi connectivity index (χ3n) is 12.5. The molecule has 0 N–H and O–H groups in total. The zero-order chi connectivity index (χ0) is 39.1. The van der Waals surface area contributed by atoms with Crippen LogP contribution in [0, 0.1) is 0 Å².